The molecule has 0 bridgehead atoms. The number of likely N-dealkylation sites (tertiary alicyclic amines) is 1. The molecular weight excluding hydrogens is 344 g/mol. The molecule has 1 saturated heterocycles. The van der Waals surface area contributed by atoms with Gasteiger partial charge in [0.2, 0.25) is 0 Å². The van der Waals surface area contributed by atoms with Crippen LogP contribution >= 0.6 is 11.3 Å². The van der Waals surface area contributed by atoms with Crippen LogP contribution in [0.1, 0.15) is 60.2 Å². The van der Waals surface area contributed by atoms with Gasteiger partial charge < -0.3 is 9.47 Å². The van der Waals surface area contributed by atoms with E-state index in [4.69, 9.17) is 4.98 Å². The van der Waals surface area contributed by atoms with Crippen LogP contribution in [-0.4, -0.2) is 38.4 Å². The molecule has 1 aliphatic heterocycles. The van der Waals surface area contributed by atoms with E-state index in [0.717, 1.165) is 36.2 Å². The van der Waals surface area contributed by atoms with E-state index in [9.17, 15) is 4.79 Å². The maximum Gasteiger partial charge on any atom is 0.254 e. The highest BCUT2D eigenvalue weighted by Crippen LogP contribution is 2.38. The maximum absolute atomic E-state index is 12.7. The monoisotopic (exact) mass is 366 g/mol. The van der Waals surface area contributed by atoms with E-state index in [1.165, 1.54) is 31.5 Å². The Hall–Kier alpha value is -2.21. The Morgan fingerprint density at radius 2 is 2.08 bits per heavy atom. The zero-order chi connectivity index (χ0) is 17.5. The van der Waals surface area contributed by atoms with Crippen LogP contribution in [0.15, 0.2) is 35.2 Å². The quantitative estimate of drug-likeness (QED) is 0.697. The van der Waals surface area contributed by atoms with Gasteiger partial charge in [0, 0.05) is 30.6 Å². The number of carbonyl (C=O) groups excluding carboxylic acids is 1. The lowest BCUT2D eigenvalue weighted by atomic mass is 10.1. The molecule has 1 amide bonds. The number of thiophene rings is 1. The SMILES string of the molecule is O=C(c1ccsc1)N1CC[C@@H](n2c(C3CCCC3)nc3cccnc32)C1. The molecule has 1 atom stereocenters. The minimum Gasteiger partial charge on any atom is -0.336 e. The zero-order valence-corrected chi connectivity index (χ0v) is 15.5. The molecule has 2 aliphatic rings. The van der Waals surface area contributed by atoms with Crippen LogP contribution in [0.5, 0.6) is 0 Å². The highest BCUT2D eigenvalue weighted by Gasteiger charge is 2.33. The van der Waals surface area contributed by atoms with Crippen molar-refractivity contribution in [2.24, 2.45) is 0 Å². The van der Waals surface area contributed by atoms with Gasteiger partial charge in [-0.05, 0) is 42.8 Å². The molecule has 26 heavy (non-hydrogen) atoms. The van der Waals surface area contributed by atoms with E-state index in [1.807, 2.05) is 34.0 Å². The van der Waals surface area contributed by atoms with Gasteiger partial charge in [-0.2, -0.15) is 11.3 Å². The van der Waals surface area contributed by atoms with Crippen molar-refractivity contribution in [3.05, 3.63) is 46.5 Å². The van der Waals surface area contributed by atoms with Gasteiger partial charge in [0.25, 0.3) is 5.91 Å². The molecule has 6 heteroatoms. The van der Waals surface area contributed by atoms with Crippen LogP contribution < -0.4 is 0 Å². The zero-order valence-electron chi connectivity index (χ0n) is 14.7. The average molecular weight is 366 g/mol. The molecule has 0 spiro atoms. The van der Waals surface area contributed by atoms with Crippen molar-refractivity contribution in [3.63, 3.8) is 0 Å². The summed E-state index contributed by atoms with van der Waals surface area (Å²) in [5.41, 5.74) is 2.77. The number of fused-ring (bicyclic) bond motifs is 1. The Morgan fingerprint density at radius 3 is 2.88 bits per heavy atom. The van der Waals surface area contributed by atoms with E-state index in [0.29, 0.717) is 5.92 Å². The molecule has 134 valence electrons. The topological polar surface area (TPSA) is 51.0 Å². The summed E-state index contributed by atoms with van der Waals surface area (Å²) in [4.78, 5) is 24.3. The van der Waals surface area contributed by atoms with Gasteiger partial charge >= 0.3 is 0 Å². The number of hydrogen-bond acceptors (Lipinski definition) is 4. The van der Waals surface area contributed by atoms with Crippen molar-refractivity contribution in [2.45, 2.75) is 44.1 Å². The van der Waals surface area contributed by atoms with E-state index in [2.05, 4.69) is 15.6 Å². The van der Waals surface area contributed by atoms with E-state index in [-0.39, 0.29) is 11.9 Å². The lowest BCUT2D eigenvalue weighted by molar-refractivity contribution is 0.0788. The summed E-state index contributed by atoms with van der Waals surface area (Å²) in [5.74, 6) is 1.87. The summed E-state index contributed by atoms with van der Waals surface area (Å²) < 4.78 is 2.35. The highest BCUT2D eigenvalue weighted by molar-refractivity contribution is 7.08. The molecule has 1 saturated carbocycles. The third-order valence-corrected chi connectivity index (χ3v) is 6.46. The van der Waals surface area contributed by atoms with Crippen molar-refractivity contribution < 1.29 is 4.79 Å². The first-order valence-electron chi connectivity index (χ1n) is 9.45. The van der Waals surface area contributed by atoms with E-state index >= 15 is 0 Å². The molecule has 3 aromatic rings. The second-order valence-electron chi connectivity index (χ2n) is 7.37. The van der Waals surface area contributed by atoms with Crippen LogP contribution in [-0.2, 0) is 0 Å². The third-order valence-electron chi connectivity index (χ3n) is 5.78. The summed E-state index contributed by atoms with van der Waals surface area (Å²) in [6, 6.07) is 6.20. The molecule has 1 aliphatic carbocycles. The fourth-order valence-corrected chi connectivity index (χ4v) is 5.11. The number of nitrogens with zero attached hydrogens (tertiary/aromatic N) is 4. The average Bonchev–Trinajstić information content (AvgIpc) is 3.47. The number of carbonyl (C=O) groups is 1. The number of hydrogen-bond donors (Lipinski definition) is 0. The van der Waals surface area contributed by atoms with Crippen molar-refractivity contribution in [2.75, 3.05) is 13.1 Å². The number of imidazole rings is 1. The molecule has 5 rings (SSSR count). The van der Waals surface area contributed by atoms with Gasteiger partial charge in [-0.3, -0.25) is 4.79 Å². The molecular formula is C20H22N4OS. The number of amides is 1. The van der Waals surface area contributed by atoms with Crippen LogP contribution in [0.4, 0.5) is 0 Å². The fraction of sp³-hybridized carbons (Fsp3) is 0.450. The summed E-state index contributed by atoms with van der Waals surface area (Å²) in [6.45, 7) is 1.55. The van der Waals surface area contributed by atoms with Gasteiger partial charge in [-0.1, -0.05) is 12.8 Å². The van der Waals surface area contributed by atoms with Crippen molar-refractivity contribution in [1.29, 1.82) is 0 Å². The van der Waals surface area contributed by atoms with E-state index < -0.39 is 0 Å². The smallest absolute Gasteiger partial charge is 0.254 e. The summed E-state index contributed by atoms with van der Waals surface area (Å²) in [6.07, 6.45) is 7.82. The Bertz CT molecular complexity index is 927. The number of pyridine rings is 1. The highest BCUT2D eigenvalue weighted by atomic mass is 32.1. The predicted molar refractivity (Wildman–Crippen MR) is 103 cm³/mol. The van der Waals surface area contributed by atoms with Crippen LogP contribution in [0.3, 0.4) is 0 Å². The fourth-order valence-electron chi connectivity index (χ4n) is 4.48. The van der Waals surface area contributed by atoms with Crippen molar-refractivity contribution >= 4 is 28.4 Å². The second kappa shape index (κ2) is 6.50. The van der Waals surface area contributed by atoms with Crippen LogP contribution in [0, 0.1) is 0 Å². The minimum absolute atomic E-state index is 0.147. The van der Waals surface area contributed by atoms with Gasteiger partial charge in [-0.15, -0.1) is 0 Å². The molecule has 0 aromatic carbocycles. The van der Waals surface area contributed by atoms with Crippen LogP contribution in [0.2, 0.25) is 0 Å². The Kier molecular flexibility index (Phi) is 4.00. The van der Waals surface area contributed by atoms with Crippen molar-refractivity contribution in [3.8, 4) is 0 Å². The lowest BCUT2D eigenvalue weighted by Gasteiger charge is -2.20. The molecule has 0 unspecified atom stereocenters. The largest absolute Gasteiger partial charge is 0.336 e. The van der Waals surface area contributed by atoms with Gasteiger partial charge in [0.15, 0.2) is 5.65 Å². The first-order chi connectivity index (χ1) is 12.8. The second-order valence-corrected chi connectivity index (χ2v) is 8.15. The van der Waals surface area contributed by atoms with Crippen molar-refractivity contribution in [1.82, 2.24) is 19.4 Å². The molecule has 5 nitrogen and oxygen atoms in total. The predicted octanol–water partition coefficient (Wildman–Crippen LogP) is 4.24. The third kappa shape index (κ3) is 2.63. The normalized spacial score (nSPS) is 21.1. The van der Waals surface area contributed by atoms with Gasteiger partial charge in [0.05, 0.1) is 11.6 Å². The lowest BCUT2D eigenvalue weighted by Crippen LogP contribution is -2.29. The summed E-state index contributed by atoms with van der Waals surface area (Å²) in [5, 5.41) is 3.90. The first kappa shape index (κ1) is 16.0. The molecule has 0 N–H and O–H groups in total. The van der Waals surface area contributed by atoms with Gasteiger partial charge in [-0.25, -0.2) is 9.97 Å². The van der Waals surface area contributed by atoms with E-state index in [1.54, 1.807) is 11.3 Å². The number of aromatic nitrogens is 3. The molecule has 3 aromatic heterocycles. The maximum atomic E-state index is 12.7. The number of rotatable bonds is 3. The van der Waals surface area contributed by atoms with Gasteiger partial charge in [0.1, 0.15) is 11.3 Å². The van der Waals surface area contributed by atoms with Crippen LogP contribution in [0.25, 0.3) is 11.2 Å². The Morgan fingerprint density at radius 1 is 1.19 bits per heavy atom. The molecule has 4 heterocycles. The summed E-state index contributed by atoms with van der Waals surface area (Å²) >= 11 is 1.57. The molecule has 2 fully saturated rings. The Balaban J connectivity index is 1.49. The first-order valence-corrected chi connectivity index (χ1v) is 10.4. The Labute approximate surface area is 156 Å². The summed E-state index contributed by atoms with van der Waals surface area (Å²) in [7, 11) is 0. The molecule has 0 radical (unpaired) electrons. The minimum atomic E-state index is 0.147. The standard InChI is InChI=1S/C20H22N4OS/c25-20(15-8-11-26-13-15)23-10-7-16(12-23)24-18(14-4-1-2-5-14)22-17-6-3-9-21-19(17)24/h3,6,8-9,11,13-14,16H,1-2,4-5,7,10,12H2/t16-/m1/s1.